The van der Waals surface area contributed by atoms with Crippen LogP contribution in [0.5, 0.6) is 0 Å². The van der Waals surface area contributed by atoms with Gasteiger partial charge in [-0.05, 0) is 40.9 Å². The van der Waals surface area contributed by atoms with E-state index in [0.717, 1.165) is 0 Å². The van der Waals surface area contributed by atoms with Gasteiger partial charge in [0.05, 0.1) is 0 Å². The third-order valence-corrected chi connectivity index (χ3v) is 4.07. The van der Waals surface area contributed by atoms with Crippen molar-refractivity contribution in [3.05, 3.63) is 34.9 Å². The van der Waals surface area contributed by atoms with E-state index in [1.54, 1.807) is 0 Å². The van der Waals surface area contributed by atoms with E-state index in [2.05, 4.69) is 66.7 Å². The second-order valence-electron chi connectivity index (χ2n) is 6.11. The van der Waals surface area contributed by atoms with Gasteiger partial charge in [0.25, 0.3) is 0 Å². The van der Waals surface area contributed by atoms with Crippen LogP contribution in [0.15, 0.2) is 18.2 Å². The van der Waals surface area contributed by atoms with Crippen LogP contribution >= 0.6 is 0 Å². The predicted octanol–water partition coefficient (Wildman–Crippen LogP) is 5.05. The topological polar surface area (TPSA) is 0 Å². The summed E-state index contributed by atoms with van der Waals surface area (Å²) in [6.45, 7) is 16.1. The molecule has 0 aliphatic heterocycles. The molecule has 0 saturated heterocycles. The number of rotatable bonds is 3. The molecule has 0 aliphatic rings. The molecular formula is C16H26. The van der Waals surface area contributed by atoms with Crippen molar-refractivity contribution in [2.75, 3.05) is 0 Å². The van der Waals surface area contributed by atoms with Crippen molar-refractivity contribution in [2.45, 2.75) is 59.8 Å². The van der Waals surface area contributed by atoms with Crippen LogP contribution in [0.4, 0.5) is 0 Å². The lowest BCUT2D eigenvalue weighted by Gasteiger charge is -2.32. The molecule has 0 saturated carbocycles. The Morgan fingerprint density at radius 1 is 1.00 bits per heavy atom. The number of aryl methyl sites for hydroxylation is 1. The minimum atomic E-state index is 0.259. The fourth-order valence-corrected chi connectivity index (χ4v) is 2.00. The summed E-state index contributed by atoms with van der Waals surface area (Å²) in [7, 11) is 0. The number of hydrogen-bond donors (Lipinski definition) is 0. The Hall–Kier alpha value is -0.780. The van der Waals surface area contributed by atoms with Crippen molar-refractivity contribution in [1.29, 1.82) is 0 Å². The van der Waals surface area contributed by atoms with Crippen LogP contribution in [0, 0.1) is 12.8 Å². The summed E-state index contributed by atoms with van der Waals surface area (Å²) in [5, 5.41) is 0. The third kappa shape index (κ3) is 2.48. The molecule has 0 aliphatic carbocycles. The minimum absolute atomic E-state index is 0.259. The molecule has 0 spiro atoms. The standard InChI is InChI=1S/C16H26/c1-11(2)14-9-8-13(5)15(10-14)16(6,7)12(3)4/h8-12H,1-7H3. The molecule has 0 N–H and O–H groups in total. The van der Waals surface area contributed by atoms with E-state index in [9.17, 15) is 0 Å². The fourth-order valence-electron chi connectivity index (χ4n) is 2.00. The highest BCUT2D eigenvalue weighted by Crippen LogP contribution is 2.35. The molecule has 90 valence electrons. The third-order valence-electron chi connectivity index (χ3n) is 4.07. The van der Waals surface area contributed by atoms with Crippen LogP contribution in [0.2, 0.25) is 0 Å². The zero-order valence-corrected chi connectivity index (χ0v) is 11.9. The van der Waals surface area contributed by atoms with Crippen molar-refractivity contribution in [1.82, 2.24) is 0 Å². The van der Waals surface area contributed by atoms with Gasteiger partial charge in [-0.15, -0.1) is 0 Å². The van der Waals surface area contributed by atoms with Crippen molar-refractivity contribution in [3.8, 4) is 0 Å². The lowest BCUT2D eigenvalue weighted by atomic mass is 9.73. The second kappa shape index (κ2) is 4.61. The minimum Gasteiger partial charge on any atom is -0.0619 e. The summed E-state index contributed by atoms with van der Waals surface area (Å²) in [5.41, 5.74) is 4.64. The van der Waals surface area contributed by atoms with Crippen molar-refractivity contribution in [3.63, 3.8) is 0 Å². The Bertz CT molecular complexity index is 356. The average Bonchev–Trinajstić information content (AvgIpc) is 2.17. The summed E-state index contributed by atoms with van der Waals surface area (Å²) in [6.07, 6.45) is 0. The summed E-state index contributed by atoms with van der Waals surface area (Å²) in [4.78, 5) is 0. The van der Waals surface area contributed by atoms with Crippen LogP contribution in [0.25, 0.3) is 0 Å². The molecule has 1 aromatic carbocycles. The van der Waals surface area contributed by atoms with Crippen LogP contribution < -0.4 is 0 Å². The molecule has 0 atom stereocenters. The van der Waals surface area contributed by atoms with Gasteiger partial charge in [0.2, 0.25) is 0 Å². The van der Waals surface area contributed by atoms with Gasteiger partial charge >= 0.3 is 0 Å². The zero-order valence-electron chi connectivity index (χ0n) is 11.9. The van der Waals surface area contributed by atoms with Gasteiger partial charge in [0, 0.05) is 0 Å². The smallest absolute Gasteiger partial charge is 0.00778 e. The maximum Gasteiger partial charge on any atom is -0.00778 e. The lowest BCUT2D eigenvalue weighted by molar-refractivity contribution is 0.370. The fraction of sp³-hybridized carbons (Fsp3) is 0.625. The maximum absolute atomic E-state index is 2.40. The molecule has 0 heterocycles. The van der Waals surface area contributed by atoms with Crippen molar-refractivity contribution in [2.24, 2.45) is 5.92 Å². The second-order valence-corrected chi connectivity index (χ2v) is 6.11. The Balaban J connectivity index is 3.27. The molecule has 0 aromatic heterocycles. The molecule has 1 rings (SSSR count). The van der Waals surface area contributed by atoms with Gasteiger partial charge < -0.3 is 0 Å². The number of hydrogen-bond acceptors (Lipinski definition) is 0. The SMILES string of the molecule is Cc1ccc(C(C)C)cc1C(C)(C)C(C)C. The first kappa shape index (κ1) is 13.3. The first-order valence-corrected chi connectivity index (χ1v) is 6.37. The molecule has 0 radical (unpaired) electrons. The maximum atomic E-state index is 2.40. The summed E-state index contributed by atoms with van der Waals surface area (Å²) in [6, 6.07) is 6.94. The Kier molecular flexibility index (Phi) is 3.83. The van der Waals surface area contributed by atoms with Crippen molar-refractivity contribution >= 4 is 0 Å². The van der Waals surface area contributed by atoms with E-state index in [1.807, 2.05) is 0 Å². The molecule has 16 heavy (non-hydrogen) atoms. The Labute approximate surface area is 101 Å². The van der Waals surface area contributed by atoms with Gasteiger partial charge in [0.1, 0.15) is 0 Å². The quantitative estimate of drug-likeness (QED) is 0.666. The lowest BCUT2D eigenvalue weighted by Crippen LogP contribution is -2.25. The monoisotopic (exact) mass is 218 g/mol. The van der Waals surface area contributed by atoms with Crippen molar-refractivity contribution < 1.29 is 0 Å². The summed E-state index contributed by atoms with van der Waals surface area (Å²) >= 11 is 0. The van der Waals surface area contributed by atoms with E-state index in [4.69, 9.17) is 0 Å². The molecule has 0 unspecified atom stereocenters. The Morgan fingerprint density at radius 3 is 2.00 bits per heavy atom. The van der Waals surface area contributed by atoms with Gasteiger partial charge in [-0.1, -0.05) is 59.7 Å². The van der Waals surface area contributed by atoms with E-state index in [1.165, 1.54) is 16.7 Å². The molecule has 0 nitrogen and oxygen atoms in total. The summed E-state index contributed by atoms with van der Waals surface area (Å²) < 4.78 is 0. The van der Waals surface area contributed by atoms with E-state index in [-0.39, 0.29) is 5.41 Å². The van der Waals surface area contributed by atoms with E-state index in [0.29, 0.717) is 11.8 Å². The highest BCUT2D eigenvalue weighted by Gasteiger charge is 2.26. The van der Waals surface area contributed by atoms with Crippen LogP contribution in [0.1, 0.15) is 64.2 Å². The first-order valence-electron chi connectivity index (χ1n) is 6.37. The molecule has 0 heteroatoms. The van der Waals surface area contributed by atoms with Gasteiger partial charge in [-0.2, -0.15) is 0 Å². The van der Waals surface area contributed by atoms with Gasteiger partial charge in [-0.25, -0.2) is 0 Å². The van der Waals surface area contributed by atoms with Crippen LogP contribution in [-0.4, -0.2) is 0 Å². The predicted molar refractivity (Wildman–Crippen MR) is 73.1 cm³/mol. The largest absolute Gasteiger partial charge is 0.0619 e. The molecule has 0 bridgehead atoms. The van der Waals surface area contributed by atoms with Crippen LogP contribution in [0.3, 0.4) is 0 Å². The van der Waals surface area contributed by atoms with E-state index >= 15 is 0 Å². The molecular weight excluding hydrogens is 192 g/mol. The van der Waals surface area contributed by atoms with Gasteiger partial charge in [0.15, 0.2) is 0 Å². The molecule has 0 amide bonds. The number of benzene rings is 1. The summed E-state index contributed by atoms with van der Waals surface area (Å²) in [5.74, 6) is 1.27. The van der Waals surface area contributed by atoms with E-state index < -0.39 is 0 Å². The first-order chi connectivity index (χ1) is 7.26. The highest BCUT2D eigenvalue weighted by molar-refractivity contribution is 5.37. The Morgan fingerprint density at radius 2 is 1.56 bits per heavy atom. The highest BCUT2D eigenvalue weighted by atomic mass is 14.3. The molecule has 0 fully saturated rings. The zero-order chi connectivity index (χ0) is 12.5. The van der Waals surface area contributed by atoms with Crippen LogP contribution in [-0.2, 0) is 5.41 Å². The average molecular weight is 218 g/mol. The molecule has 1 aromatic rings. The normalized spacial score (nSPS) is 12.6. The van der Waals surface area contributed by atoms with Gasteiger partial charge in [-0.3, -0.25) is 0 Å².